The Bertz CT molecular complexity index is 519. The molecule has 0 fully saturated rings. The Hall–Kier alpha value is -2.35. The predicted molar refractivity (Wildman–Crippen MR) is 70.2 cm³/mol. The number of carboxylic acid groups (broad SMARTS) is 1. The number of hydrogen-bond acceptors (Lipinski definition) is 6. The normalized spacial score (nSPS) is 13.3. The van der Waals surface area contributed by atoms with Gasteiger partial charge in [0.2, 0.25) is 0 Å². The highest BCUT2D eigenvalue weighted by Crippen LogP contribution is 2.31. The van der Waals surface area contributed by atoms with Gasteiger partial charge in [0, 0.05) is 0 Å². The Morgan fingerprint density at radius 1 is 1.55 bits per heavy atom. The topological polar surface area (TPSA) is 111 Å². The van der Waals surface area contributed by atoms with Crippen molar-refractivity contribution in [2.24, 2.45) is 0 Å². The fraction of sp³-hybridized carbons (Fsp3) is 0.417. The van der Waals surface area contributed by atoms with Crippen LogP contribution in [0, 0.1) is 10.1 Å². The Morgan fingerprint density at radius 2 is 2.20 bits per heavy atom. The number of likely N-dealkylation sites (N-methyl/N-ethyl adjacent to an activating group) is 1. The Morgan fingerprint density at radius 3 is 2.65 bits per heavy atom. The highest BCUT2D eigenvalue weighted by molar-refractivity contribution is 5.78. The summed E-state index contributed by atoms with van der Waals surface area (Å²) >= 11 is 0. The van der Waals surface area contributed by atoms with Crippen molar-refractivity contribution >= 4 is 11.7 Å². The number of benzene rings is 1. The third-order valence-corrected chi connectivity index (χ3v) is 2.90. The van der Waals surface area contributed by atoms with Crippen molar-refractivity contribution in [2.75, 3.05) is 20.8 Å². The number of carbonyl (C=O) groups is 1. The maximum atomic E-state index is 11.1. The van der Waals surface area contributed by atoms with Gasteiger partial charge in [0.15, 0.2) is 5.75 Å². The van der Waals surface area contributed by atoms with E-state index in [1.165, 1.54) is 39.3 Å². The molecule has 0 bridgehead atoms. The Balaban J connectivity index is 2.98. The summed E-state index contributed by atoms with van der Waals surface area (Å²) in [6.45, 7) is 1.16. The monoisotopic (exact) mass is 284 g/mol. The van der Waals surface area contributed by atoms with Crippen molar-refractivity contribution in [1.29, 1.82) is 0 Å². The van der Waals surface area contributed by atoms with Gasteiger partial charge in [-0.2, -0.15) is 0 Å². The number of ether oxygens (including phenoxy) is 2. The smallest absolute Gasteiger partial charge is 0.327 e. The summed E-state index contributed by atoms with van der Waals surface area (Å²) in [6.07, 6.45) is 0. The first-order chi connectivity index (χ1) is 9.34. The van der Waals surface area contributed by atoms with E-state index in [4.69, 9.17) is 14.6 Å². The molecule has 0 saturated heterocycles. The highest BCUT2D eigenvalue weighted by atomic mass is 16.6. The average Bonchev–Trinajstić information content (AvgIpc) is 2.44. The van der Waals surface area contributed by atoms with Crippen LogP contribution in [0.4, 0.5) is 5.69 Å². The van der Waals surface area contributed by atoms with E-state index >= 15 is 0 Å². The molecule has 2 N–H and O–H groups in total. The zero-order valence-electron chi connectivity index (χ0n) is 11.4. The van der Waals surface area contributed by atoms with Gasteiger partial charge in [-0.15, -0.1) is 0 Å². The number of nitrogens with zero attached hydrogens (tertiary/aromatic N) is 1. The maximum Gasteiger partial charge on any atom is 0.327 e. The largest absolute Gasteiger partial charge is 0.496 e. The molecular weight excluding hydrogens is 268 g/mol. The third kappa shape index (κ3) is 3.35. The summed E-state index contributed by atoms with van der Waals surface area (Å²) in [5.41, 5.74) is -1.62. The number of rotatable bonds is 7. The van der Waals surface area contributed by atoms with Crippen LogP contribution in [0.5, 0.6) is 11.5 Å². The number of hydrogen-bond donors (Lipinski definition) is 2. The second-order valence-corrected chi connectivity index (χ2v) is 4.27. The number of nitro benzene ring substituents is 1. The molecule has 0 aliphatic rings. The fourth-order valence-electron chi connectivity index (χ4n) is 1.35. The molecule has 0 spiro atoms. The van der Waals surface area contributed by atoms with Crippen molar-refractivity contribution in [3.05, 3.63) is 28.3 Å². The van der Waals surface area contributed by atoms with Gasteiger partial charge in [0.1, 0.15) is 17.9 Å². The molecule has 0 radical (unpaired) electrons. The zero-order valence-corrected chi connectivity index (χ0v) is 11.4. The van der Waals surface area contributed by atoms with E-state index in [1.54, 1.807) is 0 Å². The first-order valence-electron chi connectivity index (χ1n) is 5.71. The Labute approximate surface area is 115 Å². The van der Waals surface area contributed by atoms with Crippen molar-refractivity contribution in [1.82, 2.24) is 5.32 Å². The average molecular weight is 284 g/mol. The van der Waals surface area contributed by atoms with Crippen LogP contribution in [-0.2, 0) is 4.79 Å². The molecule has 1 rings (SSSR count). The second kappa shape index (κ2) is 6.20. The summed E-state index contributed by atoms with van der Waals surface area (Å²) in [5.74, 6) is -0.812. The molecule has 0 saturated carbocycles. The van der Waals surface area contributed by atoms with Crippen molar-refractivity contribution in [2.45, 2.75) is 12.5 Å². The molecule has 0 heterocycles. The lowest BCUT2D eigenvalue weighted by atomic mass is 10.1. The summed E-state index contributed by atoms with van der Waals surface area (Å²) < 4.78 is 10.2. The molecule has 1 unspecified atom stereocenters. The SMILES string of the molecule is CNC(C)(COc1ccc(OC)cc1[N+](=O)[O-])C(=O)O. The Kier molecular flexibility index (Phi) is 4.87. The molecule has 1 atom stereocenters. The molecule has 0 aliphatic heterocycles. The lowest BCUT2D eigenvalue weighted by Gasteiger charge is -2.24. The van der Waals surface area contributed by atoms with Gasteiger partial charge in [0.05, 0.1) is 18.1 Å². The number of nitro groups is 1. The number of nitrogens with one attached hydrogen (secondary N) is 1. The molecule has 20 heavy (non-hydrogen) atoms. The van der Waals surface area contributed by atoms with Gasteiger partial charge in [-0.3, -0.25) is 14.9 Å². The van der Waals surface area contributed by atoms with Gasteiger partial charge >= 0.3 is 11.7 Å². The van der Waals surface area contributed by atoms with Gasteiger partial charge in [-0.1, -0.05) is 0 Å². The quantitative estimate of drug-likeness (QED) is 0.568. The van der Waals surface area contributed by atoms with Gasteiger partial charge < -0.3 is 19.9 Å². The van der Waals surface area contributed by atoms with Crippen LogP contribution in [0.3, 0.4) is 0 Å². The van der Waals surface area contributed by atoms with Crippen LogP contribution in [0.15, 0.2) is 18.2 Å². The van der Waals surface area contributed by atoms with E-state index < -0.39 is 16.4 Å². The van der Waals surface area contributed by atoms with Crippen LogP contribution in [0.1, 0.15) is 6.92 Å². The van der Waals surface area contributed by atoms with Gasteiger partial charge in [-0.05, 0) is 26.1 Å². The van der Waals surface area contributed by atoms with Crippen LogP contribution in [-0.4, -0.2) is 42.3 Å². The molecule has 8 nitrogen and oxygen atoms in total. The fourth-order valence-corrected chi connectivity index (χ4v) is 1.35. The van der Waals surface area contributed by atoms with E-state index in [0.29, 0.717) is 5.75 Å². The van der Waals surface area contributed by atoms with Gasteiger partial charge in [0.25, 0.3) is 0 Å². The van der Waals surface area contributed by atoms with Crippen LogP contribution in [0.2, 0.25) is 0 Å². The molecule has 0 amide bonds. The van der Waals surface area contributed by atoms with E-state index in [0.717, 1.165) is 0 Å². The van der Waals surface area contributed by atoms with Crippen LogP contribution >= 0.6 is 0 Å². The van der Waals surface area contributed by atoms with Crippen molar-refractivity contribution < 1.29 is 24.3 Å². The lowest BCUT2D eigenvalue weighted by molar-refractivity contribution is -0.386. The second-order valence-electron chi connectivity index (χ2n) is 4.27. The summed E-state index contributed by atoms with van der Waals surface area (Å²) in [4.78, 5) is 21.4. The van der Waals surface area contributed by atoms with E-state index in [2.05, 4.69) is 5.32 Å². The van der Waals surface area contributed by atoms with Crippen molar-refractivity contribution in [3.8, 4) is 11.5 Å². The minimum atomic E-state index is -1.34. The van der Waals surface area contributed by atoms with Crippen molar-refractivity contribution in [3.63, 3.8) is 0 Å². The molecule has 1 aromatic rings. The molecular formula is C12H16N2O6. The van der Waals surface area contributed by atoms with Crippen LogP contribution < -0.4 is 14.8 Å². The molecule has 110 valence electrons. The molecule has 0 aromatic heterocycles. The molecule has 0 aliphatic carbocycles. The first kappa shape index (κ1) is 15.7. The summed E-state index contributed by atoms with van der Waals surface area (Å²) in [5, 5.41) is 22.6. The minimum Gasteiger partial charge on any atom is -0.496 e. The summed E-state index contributed by atoms with van der Waals surface area (Å²) in [7, 11) is 2.86. The standard InChI is InChI=1S/C12H16N2O6/c1-12(13-2,11(15)16)7-20-10-5-4-8(19-3)6-9(10)14(17)18/h4-6,13H,7H2,1-3H3,(H,15,16). The molecule has 1 aromatic carbocycles. The van der Waals surface area contributed by atoms with Crippen LogP contribution in [0.25, 0.3) is 0 Å². The van der Waals surface area contributed by atoms with E-state index in [-0.39, 0.29) is 18.0 Å². The number of aliphatic carboxylic acids is 1. The third-order valence-electron chi connectivity index (χ3n) is 2.90. The predicted octanol–water partition coefficient (Wildman–Crippen LogP) is 1.04. The van der Waals surface area contributed by atoms with E-state index in [1.807, 2.05) is 0 Å². The van der Waals surface area contributed by atoms with Gasteiger partial charge in [-0.25, -0.2) is 0 Å². The zero-order chi connectivity index (χ0) is 15.3. The number of carboxylic acids is 1. The lowest BCUT2D eigenvalue weighted by Crippen LogP contribution is -2.52. The van der Waals surface area contributed by atoms with E-state index in [9.17, 15) is 14.9 Å². The molecule has 8 heteroatoms. The maximum absolute atomic E-state index is 11.1. The first-order valence-corrected chi connectivity index (χ1v) is 5.71. The summed E-state index contributed by atoms with van der Waals surface area (Å²) in [6, 6.07) is 4.08. The highest BCUT2D eigenvalue weighted by Gasteiger charge is 2.33. The number of methoxy groups -OCH3 is 1. The minimum absolute atomic E-state index is 0.0153.